The summed E-state index contributed by atoms with van der Waals surface area (Å²) in [6, 6.07) is 5.01. The number of rotatable bonds is 11. The highest BCUT2D eigenvalue weighted by atomic mass is 35.5. The number of anilines is 2. The van der Waals surface area contributed by atoms with E-state index in [0.29, 0.717) is 61.2 Å². The van der Waals surface area contributed by atoms with E-state index < -0.39 is 0 Å². The normalized spacial score (nSPS) is 13.1. The maximum Gasteiger partial charge on any atom is 0.260 e. The van der Waals surface area contributed by atoms with Crippen molar-refractivity contribution in [2.24, 2.45) is 0 Å². The standard InChI is InChI=1S/C25H24Cl2N6O3.C8H16N4/c1-35-17-11-18(36-2)21(27)19(20(17)26)15-5-6-16(23-22(15)28-7-8-29-23)24(34)32-25-30-12-14(31-25)13-33-9-3-4-10-33;1-3-12(4-2)6-7-5-10-8(9)11-7/h5-8,11-12H,3-4,9-10,13H2,1-2H3,(H2,30,31,32,34);5H,3-4,6H2,1-2H3,(H3,9,10,11). The van der Waals surface area contributed by atoms with Crippen LogP contribution in [0.3, 0.4) is 0 Å². The molecule has 254 valence electrons. The second kappa shape index (κ2) is 16.1. The van der Waals surface area contributed by atoms with Crippen LogP contribution in [0.15, 0.2) is 43.0 Å². The smallest absolute Gasteiger partial charge is 0.260 e. The number of benzene rings is 2. The van der Waals surface area contributed by atoms with Gasteiger partial charge in [-0.1, -0.05) is 43.1 Å². The SMILES string of the molecule is CCN(CC)Cc1cnc(N)[nH]1.COc1cc(OC)c(Cl)c(-c2ccc(C(=O)Nc3ncc(CN4CCCC4)[nH]3)c3nccnc23)c1Cl. The van der Waals surface area contributed by atoms with Gasteiger partial charge in [-0.25, -0.2) is 9.97 Å². The van der Waals surface area contributed by atoms with Crippen LogP contribution in [0.2, 0.25) is 10.0 Å². The zero-order chi connectivity index (χ0) is 34.2. The van der Waals surface area contributed by atoms with Crippen molar-refractivity contribution in [2.45, 2.75) is 39.8 Å². The monoisotopic (exact) mass is 694 g/mol. The number of aromatic amines is 2. The molecular weight excluding hydrogens is 655 g/mol. The molecule has 6 rings (SSSR count). The molecule has 4 heterocycles. The number of fused-ring (bicyclic) bond motifs is 1. The average molecular weight is 696 g/mol. The van der Waals surface area contributed by atoms with Gasteiger partial charge >= 0.3 is 0 Å². The summed E-state index contributed by atoms with van der Waals surface area (Å²) >= 11 is 13.3. The molecule has 3 aromatic heterocycles. The van der Waals surface area contributed by atoms with Crippen molar-refractivity contribution in [3.63, 3.8) is 0 Å². The van der Waals surface area contributed by atoms with Crippen LogP contribution in [0.1, 0.15) is 48.4 Å². The predicted octanol–water partition coefficient (Wildman–Crippen LogP) is 6.03. The minimum absolute atomic E-state index is 0.300. The summed E-state index contributed by atoms with van der Waals surface area (Å²) in [5.41, 5.74) is 9.73. The van der Waals surface area contributed by atoms with Gasteiger partial charge in [0.05, 0.1) is 59.1 Å². The number of nitrogens with zero attached hydrogens (tertiary/aromatic N) is 6. The van der Waals surface area contributed by atoms with Crippen LogP contribution in [0.25, 0.3) is 22.2 Å². The van der Waals surface area contributed by atoms with E-state index in [2.05, 4.69) is 58.9 Å². The number of imidazole rings is 2. The minimum atomic E-state index is -0.366. The summed E-state index contributed by atoms with van der Waals surface area (Å²) in [6.45, 7) is 10.2. The van der Waals surface area contributed by atoms with Gasteiger partial charge in [-0.3, -0.25) is 29.9 Å². The van der Waals surface area contributed by atoms with Crippen molar-refractivity contribution in [1.29, 1.82) is 0 Å². The first kappa shape index (κ1) is 34.9. The number of nitrogens with two attached hydrogens (primary N) is 1. The quantitative estimate of drug-likeness (QED) is 0.128. The van der Waals surface area contributed by atoms with Gasteiger partial charge in [-0.2, -0.15) is 0 Å². The van der Waals surface area contributed by atoms with Gasteiger partial charge in [0.1, 0.15) is 17.0 Å². The van der Waals surface area contributed by atoms with Crippen LogP contribution >= 0.6 is 23.2 Å². The molecule has 5 N–H and O–H groups in total. The summed E-state index contributed by atoms with van der Waals surface area (Å²) in [5, 5.41) is 3.43. The lowest BCUT2D eigenvalue weighted by atomic mass is 9.99. The van der Waals surface area contributed by atoms with Gasteiger partial charge in [-0.15, -0.1) is 0 Å². The van der Waals surface area contributed by atoms with Crippen LogP contribution in [-0.4, -0.2) is 86.0 Å². The Hall–Kier alpha value is -4.43. The van der Waals surface area contributed by atoms with E-state index in [9.17, 15) is 4.79 Å². The fraction of sp³-hybridized carbons (Fsp3) is 0.364. The van der Waals surface area contributed by atoms with Gasteiger partial charge in [0, 0.05) is 42.7 Å². The summed E-state index contributed by atoms with van der Waals surface area (Å²) in [7, 11) is 3.02. The molecule has 0 aliphatic carbocycles. The van der Waals surface area contributed by atoms with Crippen molar-refractivity contribution in [3.05, 3.63) is 70.0 Å². The van der Waals surface area contributed by atoms with Gasteiger partial charge in [0.2, 0.25) is 5.95 Å². The van der Waals surface area contributed by atoms with Crippen molar-refractivity contribution in [2.75, 3.05) is 51.4 Å². The van der Waals surface area contributed by atoms with Crippen LogP contribution < -0.4 is 20.5 Å². The minimum Gasteiger partial charge on any atom is -0.495 e. The molecule has 0 unspecified atom stereocenters. The fourth-order valence-corrected chi connectivity index (χ4v) is 6.27. The molecule has 0 radical (unpaired) electrons. The molecule has 13 nitrogen and oxygen atoms in total. The fourth-order valence-electron chi connectivity index (χ4n) is 5.57. The van der Waals surface area contributed by atoms with Crippen LogP contribution in [0.4, 0.5) is 11.9 Å². The molecule has 1 aliphatic heterocycles. The first-order chi connectivity index (χ1) is 23.3. The number of carbonyl (C=O) groups is 1. The summed E-state index contributed by atoms with van der Waals surface area (Å²) < 4.78 is 10.8. The van der Waals surface area contributed by atoms with Crippen molar-refractivity contribution < 1.29 is 14.3 Å². The molecule has 15 heteroatoms. The second-order valence-electron chi connectivity index (χ2n) is 11.1. The van der Waals surface area contributed by atoms with Gasteiger partial charge in [0.15, 0.2) is 5.95 Å². The molecule has 2 aromatic carbocycles. The topological polar surface area (TPSA) is 163 Å². The number of carbonyl (C=O) groups excluding carboxylic acids is 1. The molecule has 1 aliphatic rings. The molecule has 0 saturated carbocycles. The highest BCUT2D eigenvalue weighted by molar-refractivity contribution is 6.41. The maximum atomic E-state index is 13.2. The summed E-state index contributed by atoms with van der Waals surface area (Å²) in [5.74, 6) is 1.30. The molecule has 1 fully saturated rings. The predicted molar refractivity (Wildman–Crippen MR) is 189 cm³/mol. The number of nitrogen functional groups attached to an aromatic ring is 1. The van der Waals surface area contributed by atoms with Crippen LogP contribution in [0.5, 0.6) is 11.5 Å². The van der Waals surface area contributed by atoms with Crippen molar-refractivity contribution >= 4 is 52.0 Å². The Kier molecular flexibility index (Phi) is 11.7. The highest BCUT2D eigenvalue weighted by Gasteiger charge is 2.23. The van der Waals surface area contributed by atoms with E-state index in [0.717, 1.165) is 50.7 Å². The summed E-state index contributed by atoms with van der Waals surface area (Å²) in [4.78, 5) is 41.2. The zero-order valence-electron chi connectivity index (χ0n) is 27.4. The zero-order valence-corrected chi connectivity index (χ0v) is 29.0. The number of aromatic nitrogens is 6. The number of hydrogen-bond acceptors (Lipinski definition) is 10. The molecular formula is C33H40Cl2N10O3. The second-order valence-corrected chi connectivity index (χ2v) is 11.9. The highest BCUT2D eigenvalue weighted by Crippen LogP contribution is 2.47. The third-order valence-corrected chi connectivity index (χ3v) is 8.85. The van der Waals surface area contributed by atoms with E-state index in [1.165, 1.54) is 33.3 Å². The lowest BCUT2D eigenvalue weighted by molar-refractivity contribution is 0.102. The first-order valence-corrected chi connectivity index (χ1v) is 16.4. The van der Waals surface area contributed by atoms with Gasteiger partial charge in [0.25, 0.3) is 5.91 Å². The molecule has 1 amide bonds. The Balaban J connectivity index is 0.000000318. The van der Waals surface area contributed by atoms with E-state index in [4.69, 9.17) is 38.4 Å². The van der Waals surface area contributed by atoms with Crippen LogP contribution in [-0.2, 0) is 13.1 Å². The van der Waals surface area contributed by atoms with Crippen molar-refractivity contribution in [3.8, 4) is 22.6 Å². The number of likely N-dealkylation sites (tertiary alicyclic amines) is 1. The molecule has 5 aromatic rings. The largest absolute Gasteiger partial charge is 0.495 e. The van der Waals surface area contributed by atoms with Crippen molar-refractivity contribution in [1.82, 2.24) is 39.7 Å². The number of halogens is 2. The van der Waals surface area contributed by atoms with E-state index in [1.807, 2.05) is 0 Å². The number of H-pyrrole nitrogens is 2. The maximum absolute atomic E-state index is 13.2. The third kappa shape index (κ3) is 7.98. The molecule has 1 saturated heterocycles. The summed E-state index contributed by atoms with van der Waals surface area (Å²) in [6.07, 6.45) is 9.02. The van der Waals surface area contributed by atoms with E-state index in [1.54, 1.807) is 36.8 Å². The van der Waals surface area contributed by atoms with Gasteiger partial charge < -0.3 is 25.2 Å². The van der Waals surface area contributed by atoms with E-state index in [-0.39, 0.29) is 5.91 Å². The number of methoxy groups -OCH3 is 2. The number of ether oxygens (including phenoxy) is 2. The Morgan fingerprint density at radius 2 is 1.58 bits per heavy atom. The lowest BCUT2D eigenvalue weighted by Gasteiger charge is -2.16. The number of amides is 1. The van der Waals surface area contributed by atoms with Crippen LogP contribution in [0, 0.1) is 0 Å². The number of nitrogens with one attached hydrogen (secondary N) is 3. The lowest BCUT2D eigenvalue weighted by Crippen LogP contribution is -2.22. The molecule has 48 heavy (non-hydrogen) atoms. The first-order valence-electron chi connectivity index (χ1n) is 15.7. The Labute approximate surface area is 289 Å². The molecule has 0 atom stereocenters. The van der Waals surface area contributed by atoms with E-state index >= 15 is 0 Å². The third-order valence-electron chi connectivity index (χ3n) is 8.10. The number of hydrogen-bond donors (Lipinski definition) is 4. The average Bonchev–Trinajstić information content (AvgIpc) is 3.87. The molecule has 0 bridgehead atoms. The Bertz CT molecular complexity index is 1820. The Morgan fingerprint density at radius 3 is 2.19 bits per heavy atom. The Morgan fingerprint density at radius 1 is 0.938 bits per heavy atom. The van der Waals surface area contributed by atoms with Gasteiger partial charge in [-0.05, 0) is 45.1 Å². The molecule has 0 spiro atoms.